The summed E-state index contributed by atoms with van der Waals surface area (Å²) in [5.41, 5.74) is 1.25. The van der Waals surface area contributed by atoms with Crippen molar-refractivity contribution in [1.29, 1.82) is 0 Å². The van der Waals surface area contributed by atoms with Gasteiger partial charge in [-0.2, -0.15) is 0 Å². The van der Waals surface area contributed by atoms with Crippen LogP contribution in [0.5, 0.6) is 0 Å². The lowest BCUT2D eigenvalue weighted by Gasteiger charge is -2.36. The van der Waals surface area contributed by atoms with E-state index < -0.39 is 0 Å². The normalized spacial score (nSPS) is 16.8. The number of hydrogen-bond acceptors (Lipinski definition) is 3. The summed E-state index contributed by atoms with van der Waals surface area (Å²) in [6, 6.07) is 8.07. The van der Waals surface area contributed by atoms with E-state index in [4.69, 9.17) is 27.9 Å². The van der Waals surface area contributed by atoms with E-state index >= 15 is 0 Å². The lowest BCUT2D eigenvalue weighted by atomic mass is 10.2. The van der Waals surface area contributed by atoms with Gasteiger partial charge in [0.15, 0.2) is 0 Å². The Bertz CT molecular complexity index is 364. The van der Waals surface area contributed by atoms with Crippen LogP contribution in [0.25, 0.3) is 0 Å². The van der Waals surface area contributed by atoms with Crippen LogP contribution >= 0.6 is 23.2 Å². The fraction of sp³-hybridized carbons (Fsp3) is 0.571. The molecule has 1 aromatic carbocycles. The van der Waals surface area contributed by atoms with Gasteiger partial charge in [-0.1, -0.05) is 11.6 Å². The SMILES string of the molecule is ClCCOCCN1CCN(c2ccc(Cl)cc2)CC1. The molecule has 0 spiro atoms. The van der Waals surface area contributed by atoms with Gasteiger partial charge in [0, 0.05) is 49.3 Å². The largest absolute Gasteiger partial charge is 0.379 e. The summed E-state index contributed by atoms with van der Waals surface area (Å²) in [5.74, 6) is 0.574. The molecule has 1 saturated heterocycles. The van der Waals surface area contributed by atoms with Crippen LogP contribution in [0.1, 0.15) is 0 Å². The lowest BCUT2D eigenvalue weighted by molar-refractivity contribution is 0.112. The maximum Gasteiger partial charge on any atom is 0.0602 e. The van der Waals surface area contributed by atoms with Crippen LogP contribution in [-0.4, -0.2) is 56.7 Å². The second kappa shape index (κ2) is 7.95. The van der Waals surface area contributed by atoms with E-state index in [9.17, 15) is 0 Å². The Morgan fingerprint density at radius 1 is 1.00 bits per heavy atom. The van der Waals surface area contributed by atoms with E-state index in [1.54, 1.807) is 0 Å². The van der Waals surface area contributed by atoms with Gasteiger partial charge in [-0.25, -0.2) is 0 Å². The third-order valence-electron chi connectivity index (χ3n) is 3.34. The summed E-state index contributed by atoms with van der Waals surface area (Å²) >= 11 is 11.5. The van der Waals surface area contributed by atoms with E-state index in [1.165, 1.54) is 5.69 Å². The van der Waals surface area contributed by atoms with Gasteiger partial charge in [0.05, 0.1) is 13.2 Å². The smallest absolute Gasteiger partial charge is 0.0602 e. The first-order chi connectivity index (χ1) is 9.29. The van der Waals surface area contributed by atoms with Crippen LogP contribution in [0.3, 0.4) is 0 Å². The van der Waals surface area contributed by atoms with Crippen molar-refractivity contribution in [2.45, 2.75) is 0 Å². The van der Waals surface area contributed by atoms with E-state index in [0.717, 1.165) is 44.4 Å². The molecular weight excluding hydrogens is 283 g/mol. The van der Waals surface area contributed by atoms with Crippen molar-refractivity contribution in [3.05, 3.63) is 29.3 Å². The number of nitrogens with zero attached hydrogens (tertiary/aromatic N) is 2. The Labute approximate surface area is 125 Å². The lowest BCUT2D eigenvalue weighted by Crippen LogP contribution is -2.47. The average Bonchev–Trinajstić information content (AvgIpc) is 2.45. The summed E-state index contributed by atoms with van der Waals surface area (Å²) in [6.45, 7) is 6.67. The number of hydrogen-bond donors (Lipinski definition) is 0. The predicted molar refractivity (Wildman–Crippen MR) is 81.6 cm³/mol. The second-order valence-electron chi connectivity index (χ2n) is 4.61. The van der Waals surface area contributed by atoms with Crippen LogP contribution in [0, 0.1) is 0 Å². The first-order valence-electron chi connectivity index (χ1n) is 6.66. The Morgan fingerprint density at radius 2 is 1.68 bits per heavy atom. The average molecular weight is 303 g/mol. The summed E-state index contributed by atoms with van der Waals surface area (Å²) in [6.07, 6.45) is 0. The third kappa shape index (κ3) is 4.84. The molecular formula is C14H20Cl2N2O. The Balaban J connectivity index is 1.71. The zero-order valence-corrected chi connectivity index (χ0v) is 12.5. The van der Waals surface area contributed by atoms with Gasteiger partial charge in [0.2, 0.25) is 0 Å². The van der Waals surface area contributed by atoms with Crippen LogP contribution in [0.15, 0.2) is 24.3 Å². The number of halogens is 2. The summed E-state index contributed by atoms with van der Waals surface area (Å²) in [5, 5.41) is 0.791. The van der Waals surface area contributed by atoms with Crippen LogP contribution in [0.2, 0.25) is 5.02 Å². The molecule has 1 heterocycles. The molecule has 0 aromatic heterocycles. The number of piperazine rings is 1. The Kier molecular flexibility index (Phi) is 6.24. The molecule has 3 nitrogen and oxygen atoms in total. The van der Waals surface area contributed by atoms with Gasteiger partial charge in [-0.15, -0.1) is 11.6 Å². The molecule has 0 aliphatic carbocycles. The molecule has 0 atom stereocenters. The van der Waals surface area contributed by atoms with Gasteiger partial charge in [-0.3, -0.25) is 4.90 Å². The number of anilines is 1. The first kappa shape index (κ1) is 14.9. The van der Waals surface area contributed by atoms with E-state index in [0.29, 0.717) is 12.5 Å². The molecule has 0 radical (unpaired) electrons. The minimum Gasteiger partial charge on any atom is -0.379 e. The van der Waals surface area contributed by atoms with Gasteiger partial charge in [0.1, 0.15) is 0 Å². The molecule has 0 N–H and O–H groups in total. The zero-order chi connectivity index (χ0) is 13.5. The molecule has 1 fully saturated rings. The molecule has 0 amide bonds. The minimum atomic E-state index is 0.574. The van der Waals surface area contributed by atoms with Crippen molar-refractivity contribution in [2.75, 3.05) is 56.7 Å². The van der Waals surface area contributed by atoms with Crippen LogP contribution in [-0.2, 0) is 4.74 Å². The number of rotatable bonds is 6. The Hall–Kier alpha value is -0.480. The predicted octanol–water partition coefficient (Wildman–Crippen LogP) is 2.72. The molecule has 1 aliphatic heterocycles. The summed E-state index contributed by atoms with van der Waals surface area (Å²) in [4.78, 5) is 4.83. The topological polar surface area (TPSA) is 15.7 Å². The zero-order valence-electron chi connectivity index (χ0n) is 11.0. The van der Waals surface area contributed by atoms with Crippen molar-refractivity contribution < 1.29 is 4.74 Å². The molecule has 19 heavy (non-hydrogen) atoms. The minimum absolute atomic E-state index is 0.574. The molecule has 0 bridgehead atoms. The monoisotopic (exact) mass is 302 g/mol. The quantitative estimate of drug-likeness (QED) is 0.594. The Morgan fingerprint density at radius 3 is 2.32 bits per heavy atom. The van der Waals surface area contributed by atoms with Crippen LogP contribution < -0.4 is 4.90 Å². The fourth-order valence-electron chi connectivity index (χ4n) is 2.23. The van der Waals surface area contributed by atoms with Gasteiger partial charge >= 0.3 is 0 Å². The molecule has 0 unspecified atom stereocenters. The molecule has 106 valence electrons. The standard InChI is InChI=1S/C14H20Cl2N2O/c15-5-11-19-12-10-17-6-8-18(9-7-17)14-3-1-13(16)2-4-14/h1-4H,5-12H2. The fourth-order valence-corrected chi connectivity index (χ4v) is 2.47. The highest BCUT2D eigenvalue weighted by Gasteiger charge is 2.16. The molecule has 1 aromatic rings. The second-order valence-corrected chi connectivity index (χ2v) is 5.42. The summed E-state index contributed by atoms with van der Waals surface area (Å²) in [7, 11) is 0. The first-order valence-corrected chi connectivity index (χ1v) is 7.57. The van der Waals surface area contributed by atoms with Gasteiger partial charge in [0.25, 0.3) is 0 Å². The van der Waals surface area contributed by atoms with E-state index in [1.807, 2.05) is 12.1 Å². The van der Waals surface area contributed by atoms with Crippen LogP contribution in [0.4, 0.5) is 5.69 Å². The van der Waals surface area contributed by atoms with Gasteiger partial charge < -0.3 is 9.64 Å². The molecule has 2 rings (SSSR count). The van der Waals surface area contributed by atoms with Crippen molar-refractivity contribution in [3.63, 3.8) is 0 Å². The van der Waals surface area contributed by atoms with Crippen molar-refractivity contribution >= 4 is 28.9 Å². The van der Waals surface area contributed by atoms with Gasteiger partial charge in [-0.05, 0) is 24.3 Å². The molecule has 0 saturated carbocycles. The number of ether oxygens (including phenoxy) is 1. The molecule has 5 heteroatoms. The van der Waals surface area contributed by atoms with E-state index in [-0.39, 0.29) is 0 Å². The highest BCUT2D eigenvalue weighted by molar-refractivity contribution is 6.30. The highest BCUT2D eigenvalue weighted by Crippen LogP contribution is 2.19. The number of benzene rings is 1. The highest BCUT2D eigenvalue weighted by atomic mass is 35.5. The van der Waals surface area contributed by atoms with Crippen molar-refractivity contribution in [2.24, 2.45) is 0 Å². The molecule has 1 aliphatic rings. The maximum absolute atomic E-state index is 5.91. The third-order valence-corrected chi connectivity index (χ3v) is 3.74. The van der Waals surface area contributed by atoms with Crippen molar-refractivity contribution in [1.82, 2.24) is 4.90 Å². The summed E-state index contributed by atoms with van der Waals surface area (Å²) < 4.78 is 5.41. The maximum atomic E-state index is 5.91. The van der Waals surface area contributed by atoms with Crippen molar-refractivity contribution in [3.8, 4) is 0 Å². The number of alkyl halides is 1. The van der Waals surface area contributed by atoms with E-state index in [2.05, 4.69) is 21.9 Å².